The molecule has 0 aromatic carbocycles. The van der Waals surface area contributed by atoms with Crippen LogP contribution < -0.4 is 0 Å². The van der Waals surface area contributed by atoms with Gasteiger partial charge in [0.25, 0.3) is 0 Å². The standard InChI is InChI=1S/C58H104O6/c1-4-7-10-13-16-19-22-25-27-28-29-31-33-36-39-42-45-48-51-57(60)63-54-55(53-62-56(59)50-47-44-41-38-35-32-24-21-18-15-12-9-6-3)64-58(61)52-49-46-43-40-37-34-30-26-23-20-17-14-11-8-5-2/h17,20-21,24,26-28,30,55H,4-16,18-19,22-23,25,29,31-54H2,1-3H3/b20-17-,24-21-,28-27-,30-26-. The maximum atomic E-state index is 12.8. The van der Waals surface area contributed by atoms with E-state index >= 15 is 0 Å². The molecule has 0 radical (unpaired) electrons. The van der Waals surface area contributed by atoms with Crippen LogP contribution in [0.4, 0.5) is 0 Å². The molecule has 1 atom stereocenters. The SMILES string of the molecule is CCCCC/C=C\C/C=C\CCCCCCCC(=O)OC(COC(=O)CCCCCCC/C=C\CCCCCC)COC(=O)CCCCCCCCC/C=C\CCCCCCCCC. The first-order chi connectivity index (χ1) is 31.5. The van der Waals surface area contributed by atoms with Crippen molar-refractivity contribution in [2.24, 2.45) is 0 Å². The van der Waals surface area contributed by atoms with Crippen LogP contribution in [0.25, 0.3) is 0 Å². The smallest absolute Gasteiger partial charge is 0.306 e. The summed E-state index contributed by atoms with van der Waals surface area (Å²) in [7, 11) is 0. The van der Waals surface area contributed by atoms with Crippen LogP contribution >= 0.6 is 0 Å². The van der Waals surface area contributed by atoms with E-state index in [1.165, 1.54) is 154 Å². The van der Waals surface area contributed by atoms with Crippen molar-refractivity contribution in [1.29, 1.82) is 0 Å². The van der Waals surface area contributed by atoms with Crippen LogP contribution in [0.15, 0.2) is 48.6 Å². The van der Waals surface area contributed by atoms with E-state index in [2.05, 4.69) is 69.4 Å². The summed E-state index contributed by atoms with van der Waals surface area (Å²) in [5.41, 5.74) is 0. The summed E-state index contributed by atoms with van der Waals surface area (Å²) in [6.45, 7) is 6.59. The number of carbonyl (C=O) groups is 3. The minimum Gasteiger partial charge on any atom is -0.462 e. The minimum atomic E-state index is -0.784. The summed E-state index contributed by atoms with van der Waals surface area (Å²) in [6, 6.07) is 0. The van der Waals surface area contributed by atoms with Crippen LogP contribution in [-0.2, 0) is 28.6 Å². The van der Waals surface area contributed by atoms with Gasteiger partial charge in [-0.25, -0.2) is 0 Å². The van der Waals surface area contributed by atoms with Crippen molar-refractivity contribution >= 4 is 17.9 Å². The van der Waals surface area contributed by atoms with Gasteiger partial charge in [0.05, 0.1) is 0 Å². The molecule has 0 spiro atoms. The third-order valence-electron chi connectivity index (χ3n) is 12.0. The minimum absolute atomic E-state index is 0.0826. The van der Waals surface area contributed by atoms with Gasteiger partial charge in [-0.15, -0.1) is 0 Å². The number of unbranched alkanes of at least 4 members (excludes halogenated alkanes) is 31. The second kappa shape index (κ2) is 53.0. The van der Waals surface area contributed by atoms with Crippen molar-refractivity contribution in [2.45, 2.75) is 290 Å². The highest BCUT2D eigenvalue weighted by atomic mass is 16.6. The number of allylic oxidation sites excluding steroid dienone is 8. The molecule has 6 heteroatoms. The Morgan fingerprint density at radius 1 is 0.312 bits per heavy atom. The number of rotatable bonds is 50. The van der Waals surface area contributed by atoms with Gasteiger partial charge in [0.2, 0.25) is 0 Å². The monoisotopic (exact) mass is 897 g/mol. The van der Waals surface area contributed by atoms with Crippen molar-refractivity contribution in [1.82, 2.24) is 0 Å². The molecule has 0 aliphatic carbocycles. The Balaban J connectivity index is 4.38. The second-order valence-electron chi connectivity index (χ2n) is 18.5. The quantitative estimate of drug-likeness (QED) is 0.0262. The van der Waals surface area contributed by atoms with Gasteiger partial charge >= 0.3 is 17.9 Å². The van der Waals surface area contributed by atoms with E-state index in [1.54, 1.807) is 0 Å². The maximum Gasteiger partial charge on any atom is 0.306 e. The molecular weight excluding hydrogens is 793 g/mol. The average Bonchev–Trinajstić information content (AvgIpc) is 3.29. The molecule has 0 aliphatic heterocycles. The lowest BCUT2D eigenvalue weighted by molar-refractivity contribution is -0.167. The number of hydrogen-bond acceptors (Lipinski definition) is 6. The topological polar surface area (TPSA) is 78.9 Å². The molecular formula is C58H104O6. The van der Waals surface area contributed by atoms with E-state index in [0.29, 0.717) is 19.3 Å². The zero-order chi connectivity index (χ0) is 46.5. The Bertz CT molecular complexity index is 1120. The first-order valence-corrected chi connectivity index (χ1v) is 27.6. The van der Waals surface area contributed by atoms with Crippen molar-refractivity contribution in [3.8, 4) is 0 Å². The van der Waals surface area contributed by atoms with Crippen molar-refractivity contribution in [3.63, 3.8) is 0 Å². The summed E-state index contributed by atoms with van der Waals surface area (Å²) >= 11 is 0. The lowest BCUT2D eigenvalue weighted by Crippen LogP contribution is -2.30. The van der Waals surface area contributed by atoms with E-state index in [-0.39, 0.29) is 31.1 Å². The highest BCUT2D eigenvalue weighted by Crippen LogP contribution is 2.15. The maximum absolute atomic E-state index is 12.8. The molecule has 0 saturated carbocycles. The van der Waals surface area contributed by atoms with Gasteiger partial charge in [-0.2, -0.15) is 0 Å². The summed E-state index contributed by atoms with van der Waals surface area (Å²) < 4.78 is 16.8. The molecule has 0 heterocycles. The summed E-state index contributed by atoms with van der Waals surface area (Å²) in [6.07, 6.45) is 63.8. The van der Waals surface area contributed by atoms with Gasteiger partial charge in [0.15, 0.2) is 6.10 Å². The number of carbonyl (C=O) groups excluding carboxylic acids is 3. The Kier molecular flexibility index (Phi) is 50.8. The van der Waals surface area contributed by atoms with Crippen LogP contribution in [0.5, 0.6) is 0 Å². The van der Waals surface area contributed by atoms with Crippen LogP contribution in [0.2, 0.25) is 0 Å². The molecule has 0 saturated heterocycles. The Morgan fingerprint density at radius 2 is 0.562 bits per heavy atom. The second-order valence-corrected chi connectivity index (χ2v) is 18.5. The molecule has 0 rings (SSSR count). The van der Waals surface area contributed by atoms with Gasteiger partial charge in [0, 0.05) is 19.3 Å². The van der Waals surface area contributed by atoms with Gasteiger partial charge in [-0.3, -0.25) is 14.4 Å². The fourth-order valence-corrected chi connectivity index (χ4v) is 7.81. The summed E-state index contributed by atoms with van der Waals surface area (Å²) in [4.78, 5) is 38.1. The van der Waals surface area contributed by atoms with Crippen molar-refractivity contribution in [3.05, 3.63) is 48.6 Å². The molecule has 0 bridgehead atoms. The van der Waals surface area contributed by atoms with Gasteiger partial charge in [-0.1, -0.05) is 211 Å². The normalized spacial score (nSPS) is 12.4. The molecule has 0 aromatic heterocycles. The Labute approximate surface area is 397 Å². The van der Waals surface area contributed by atoms with Crippen LogP contribution in [0.1, 0.15) is 284 Å². The van der Waals surface area contributed by atoms with Gasteiger partial charge < -0.3 is 14.2 Å². The molecule has 0 N–H and O–H groups in total. The first-order valence-electron chi connectivity index (χ1n) is 27.6. The van der Waals surface area contributed by atoms with E-state index in [0.717, 1.165) is 89.9 Å². The molecule has 64 heavy (non-hydrogen) atoms. The molecule has 0 aliphatic rings. The summed E-state index contributed by atoms with van der Waals surface area (Å²) in [5, 5.41) is 0. The first kappa shape index (κ1) is 61.4. The number of esters is 3. The number of hydrogen-bond donors (Lipinski definition) is 0. The average molecular weight is 897 g/mol. The van der Waals surface area contributed by atoms with E-state index in [4.69, 9.17) is 14.2 Å². The van der Waals surface area contributed by atoms with Crippen molar-refractivity contribution in [2.75, 3.05) is 13.2 Å². The highest BCUT2D eigenvalue weighted by Gasteiger charge is 2.19. The Hall–Kier alpha value is -2.63. The Morgan fingerprint density at radius 3 is 0.922 bits per heavy atom. The summed E-state index contributed by atoms with van der Waals surface area (Å²) in [5.74, 6) is -0.900. The fraction of sp³-hybridized carbons (Fsp3) is 0.810. The van der Waals surface area contributed by atoms with Gasteiger partial charge in [0.1, 0.15) is 13.2 Å². The lowest BCUT2D eigenvalue weighted by Gasteiger charge is -2.18. The highest BCUT2D eigenvalue weighted by molar-refractivity contribution is 5.71. The molecule has 6 nitrogen and oxygen atoms in total. The molecule has 0 aromatic rings. The lowest BCUT2D eigenvalue weighted by atomic mass is 10.1. The van der Waals surface area contributed by atoms with E-state index in [9.17, 15) is 14.4 Å². The molecule has 1 unspecified atom stereocenters. The largest absolute Gasteiger partial charge is 0.462 e. The van der Waals surface area contributed by atoms with Crippen molar-refractivity contribution < 1.29 is 28.6 Å². The fourth-order valence-electron chi connectivity index (χ4n) is 7.81. The molecule has 0 amide bonds. The number of ether oxygens (including phenoxy) is 3. The zero-order valence-corrected chi connectivity index (χ0v) is 42.6. The van der Waals surface area contributed by atoms with E-state index in [1.807, 2.05) is 0 Å². The van der Waals surface area contributed by atoms with E-state index < -0.39 is 6.10 Å². The van der Waals surface area contributed by atoms with Gasteiger partial charge in [-0.05, 0) is 103 Å². The molecule has 372 valence electrons. The predicted molar refractivity (Wildman–Crippen MR) is 275 cm³/mol. The molecule has 0 fully saturated rings. The zero-order valence-electron chi connectivity index (χ0n) is 42.6. The van der Waals surface area contributed by atoms with Crippen LogP contribution in [-0.4, -0.2) is 37.2 Å². The van der Waals surface area contributed by atoms with Crippen LogP contribution in [0.3, 0.4) is 0 Å². The third-order valence-corrected chi connectivity index (χ3v) is 12.0. The van der Waals surface area contributed by atoms with Crippen LogP contribution in [0, 0.1) is 0 Å². The predicted octanol–water partition coefficient (Wildman–Crippen LogP) is 18.3. The third kappa shape index (κ3) is 50.4.